The first-order valence-electron chi connectivity index (χ1n) is 8.41. The second kappa shape index (κ2) is 7.87. The quantitative estimate of drug-likeness (QED) is 0.738. The molecule has 1 aliphatic heterocycles. The number of hydrogen-bond donors (Lipinski definition) is 0. The second-order valence-electron chi connectivity index (χ2n) is 6.34. The van der Waals surface area contributed by atoms with E-state index in [0.717, 1.165) is 5.56 Å². The van der Waals surface area contributed by atoms with Gasteiger partial charge in [0.1, 0.15) is 12.4 Å². The number of benzene rings is 2. The Morgan fingerprint density at radius 1 is 1.27 bits per heavy atom. The lowest BCUT2D eigenvalue weighted by Gasteiger charge is -2.25. The van der Waals surface area contributed by atoms with Gasteiger partial charge in [-0.15, -0.1) is 0 Å². The summed E-state index contributed by atoms with van der Waals surface area (Å²) in [4.78, 5) is 26.3. The minimum atomic E-state index is -0.556. The van der Waals surface area contributed by atoms with Gasteiger partial charge in [-0.2, -0.15) is 0 Å². The molecule has 1 aliphatic rings. The first-order chi connectivity index (χ1) is 12.5. The Morgan fingerprint density at radius 2 is 2.00 bits per heavy atom. The van der Waals surface area contributed by atoms with Crippen molar-refractivity contribution in [3.8, 4) is 0 Å². The number of carbonyl (C=O) groups excluding carboxylic acids is 2. The van der Waals surface area contributed by atoms with Crippen LogP contribution < -0.4 is 0 Å². The van der Waals surface area contributed by atoms with Crippen LogP contribution in [0.4, 0.5) is 4.39 Å². The summed E-state index contributed by atoms with van der Waals surface area (Å²) in [7, 11) is 0. The molecule has 0 unspecified atom stereocenters. The van der Waals surface area contributed by atoms with Gasteiger partial charge in [0.2, 0.25) is 5.91 Å². The fourth-order valence-electron chi connectivity index (χ4n) is 3.11. The lowest BCUT2D eigenvalue weighted by molar-refractivity contribution is -0.149. The van der Waals surface area contributed by atoms with Gasteiger partial charge >= 0.3 is 5.97 Å². The third kappa shape index (κ3) is 3.88. The maximum absolute atomic E-state index is 13.8. The van der Waals surface area contributed by atoms with E-state index in [1.165, 1.54) is 18.2 Å². The number of ether oxygens (including phenoxy) is 1. The summed E-state index contributed by atoms with van der Waals surface area (Å²) in [6.45, 7) is 1.97. The number of halogens is 2. The minimum absolute atomic E-state index is 0.0905. The van der Waals surface area contributed by atoms with E-state index >= 15 is 0 Å². The van der Waals surface area contributed by atoms with Crippen LogP contribution in [-0.2, 0) is 20.9 Å². The van der Waals surface area contributed by atoms with Crippen molar-refractivity contribution in [1.82, 2.24) is 4.90 Å². The van der Waals surface area contributed by atoms with Gasteiger partial charge in [0.05, 0.1) is 17.0 Å². The van der Waals surface area contributed by atoms with Crippen LogP contribution in [0.25, 0.3) is 0 Å². The molecule has 0 spiro atoms. The number of hydrogen-bond acceptors (Lipinski definition) is 3. The summed E-state index contributed by atoms with van der Waals surface area (Å²) >= 11 is 5.93. The predicted octanol–water partition coefficient (Wildman–Crippen LogP) is 4.13. The number of amides is 1. The van der Waals surface area contributed by atoms with E-state index in [1.54, 1.807) is 4.90 Å². The zero-order valence-electron chi connectivity index (χ0n) is 14.3. The average Bonchev–Trinajstić information content (AvgIpc) is 3.03. The van der Waals surface area contributed by atoms with E-state index in [-0.39, 0.29) is 35.6 Å². The molecule has 2 aromatic carbocycles. The second-order valence-corrected chi connectivity index (χ2v) is 6.75. The van der Waals surface area contributed by atoms with E-state index in [2.05, 4.69) is 0 Å². The molecule has 0 bridgehead atoms. The van der Waals surface area contributed by atoms with Crippen LogP contribution in [0.3, 0.4) is 0 Å². The standard InChI is InChI=1S/C20H19ClFNO3/c1-13(14-6-3-2-4-7-14)23-11-15(10-19(23)24)20(25)26-12-16-17(21)8-5-9-18(16)22/h2-9,13,15H,10-12H2,1H3/t13-,15-/m0/s1. The van der Waals surface area contributed by atoms with Crippen LogP contribution in [-0.4, -0.2) is 23.3 Å². The Hall–Kier alpha value is -2.40. The maximum Gasteiger partial charge on any atom is 0.311 e. The lowest BCUT2D eigenvalue weighted by atomic mass is 10.1. The molecule has 0 saturated carbocycles. The third-order valence-electron chi connectivity index (χ3n) is 4.66. The van der Waals surface area contributed by atoms with E-state index in [4.69, 9.17) is 16.3 Å². The Kier molecular flexibility index (Phi) is 5.57. The molecule has 3 rings (SSSR count). The number of esters is 1. The van der Waals surface area contributed by atoms with Crippen LogP contribution in [0.15, 0.2) is 48.5 Å². The van der Waals surface area contributed by atoms with Crippen molar-refractivity contribution in [3.63, 3.8) is 0 Å². The van der Waals surface area contributed by atoms with Gasteiger partial charge in [0, 0.05) is 18.5 Å². The molecule has 1 heterocycles. The molecule has 26 heavy (non-hydrogen) atoms. The van der Waals surface area contributed by atoms with Crippen LogP contribution in [0.2, 0.25) is 5.02 Å². The molecule has 0 aromatic heterocycles. The van der Waals surface area contributed by atoms with Crippen molar-refractivity contribution >= 4 is 23.5 Å². The summed E-state index contributed by atoms with van der Waals surface area (Å²) in [6, 6.07) is 13.8. The van der Waals surface area contributed by atoms with Gasteiger partial charge in [-0.1, -0.05) is 48.0 Å². The van der Waals surface area contributed by atoms with Gasteiger partial charge in [-0.25, -0.2) is 4.39 Å². The summed E-state index contributed by atoms with van der Waals surface area (Å²) in [6.07, 6.45) is 0.0982. The third-order valence-corrected chi connectivity index (χ3v) is 5.02. The van der Waals surface area contributed by atoms with Crippen molar-refractivity contribution in [2.45, 2.75) is 26.0 Å². The van der Waals surface area contributed by atoms with Crippen molar-refractivity contribution < 1.29 is 18.7 Å². The number of carbonyl (C=O) groups is 2. The predicted molar refractivity (Wildman–Crippen MR) is 95.9 cm³/mol. The fourth-order valence-corrected chi connectivity index (χ4v) is 3.32. The van der Waals surface area contributed by atoms with Crippen LogP contribution in [0.5, 0.6) is 0 Å². The zero-order valence-corrected chi connectivity index (χ0v) is 15.1. The molecular formula is C20H19ClFNO3. The van der Waals surface area contributed by atoms with Crippen molar-refractivity contribution in [2.24, 2.45) is 5.92 Å². The van der Waals surface area contributed by atoms with Crippen molar-refractivity contribution in [3.05, 3.63) is 70.5 Å². The van der Waals surface area contributed by atoms with Crippen LogP contribution in [0, 0.1) is 11.7 Å². The molecule has 0 radical (unpaired) electrons. The Balaban J connectivity index is 1.62. The summed E-state index contributed by atoms with van der Waals surface area (Å²) in [5.74, 6) is -1.68. The van der Waals surface area contributed by atoms with Gasteiger partial charge in [-0.05, 0) is 24.6 Å². The summed E-state index contributed by atoms with van der Waals surface area (Å²) in [5.41, 5.74) is 1.15. The van der Waals surface area contributed by atoms with E-state index in [1.807, 2.05) is 37.3 Å². The van der Waals surface area contributed by atoms with E-state index < -0.39 is 17.7 Å². The molecule has 4 nitrogen and oxygen atoms in total. The molecule has 1 fully saturated rings. The SMILES string of the molecule is C[C@@H](c1ccccc1)N1C[C@@H](C(=O)OCc2c(F)cccc2Cl)CC1=O. The first-order valence-corrected chi connectivity index (χ1v) is 8.79. The van der Waals surface area contributed by atoms with Gasteiger partial charge in [-0.3, -0.25) is 9.59 Å². The molecular weight excluding hydrogens is 357 g/mol. The monoisotopic (exact) mass is 375 g/mol. The number of rotatable bonds is 5. The largest absolute Gasteiger partial charge is 0.460 e. The van der Waals surface area contributed by atoms with Gasteiger partial charge in [0.15, 0.2) is 0 Å². The molecule has 136 valence electrons. The van der Waals surface area contributed by atoms with Crippen molar-refractivity contribution in [2.75, 3.05) is 6.54 Å². The lowest BCUT2D eigenvalue weighted by Crippen LogP contribution is -2.29. The normalized spacial score (nSPS) is 18.0. The van der Waals surface area contributed by atoms with E-state index in [9.17, 15) is 14.0 Å². The zero-order chi connectivity index (χ0) is 18.7. The first kappa shape index (κ1) is 18.4. The molecule has 2 atom stereocenters. The molecule has 6 heteroatoms. The summed E-state index contributed by atoms with van der Waals surface area (Å²) in [5, 5.41) is 0.208. The van der Waals surface area contributed by atoms with Crippen molar-refractivity contribution in [1.29, 1.82) is 0 Å². The molecule has 0 N–H and O–H groups in total. The molecule has 1 saturated heterocycles. The molecule has 2 aromatic rings. The Labute approximate surface area is 156 Å². The Bertz CT molecular complexity index is 792. The highest BCUT2D eigenvalue weighted by molar-refractivity contribution is 6.31. The Morgan fingerprint density at radius 3 is 2.69 bits per heavy atom. The van der Waals surface area contributed by atoms with E-state index in [0.29, 0.717) is 6.54 Å². The average molecular weight is 376 g/mol. The highest BCUT2D eigenvalue weighted by Crippen LogP contribution is 2.29. The maximum atomic E-state index is 13.8. The van der Waals surface area contributed by atoms with Crippen LogP contribution >= 0.6 is 11.6 Å². The van der Waals surface area contributed by atoms with Gasteiger partial charge in [0.25, 0.3) is 0 Å². The molecule has 1 amide bonds. The summed E-state index contributed by atoms with van der Waals surface area (Å²) < 4.78 is 19.0. The minimum Gasteiger partial charge on any atom is -0.460 e. The highest BCUT2D eigenvalue weighted by atomic mass is 35.5. The smallest absolute Gasteiger partial charge is 0.311 e. The molecule has 0 aliphatic carbocycles. The fraction of sp³-hybridized carbons (Fsp3) is 0.300. The topological polar surface area (TPSA) is 46.6 Å². The van der Waals surface area contributed by atoms with Crippen LogP contribution in [0.1, 0.15) is 30.5 Å². The highest BCUT2D eigenvalue weighted by Gasteiger charge is 2.38. The number of nitrogens with zero attached hydrogens (tertiary/aromatic N) is 1. The number of likely N-dealkylation sites (tertiary alicyclic amines) is 1. The van der Waals surface area contributed by atoms with Gasteiger partial charge < -0.3 is 9.64 Å².